The van der Waals surface area contributed by atoms with Gasteiger partial charge in [0.2, 0.25) is 0 Å². The van der Waals surface area contributed by atoms with Gasteiger partial charge < -0.3 is 10.4 Å². The molecule has 0 spiro atoms. The van der Waals surface area contributed by atoms with Crippen LogP contribution in [-0.4, -0.2) is 23.2 Å². The van der Waals surface area contributed by atoms with Crippen molar-refractivity contribution in [2.24, 2.45) is 0 Å². The van der Waals surface area contributed by atoms with Crippen molar-refractivity contribution in [1.29, 1.82) is 0 Å². The molecule has 0 aliphatic heterocycles. The summed E-state index contributed by atoms with van der Waals surface area (Å²) in [5, 5.41) is 12.3. The number of amides is 1. The first-order valence-electron chi connectivity index (χ1n) is 6.52. The molecule has 0 fully saturated rings. The van der Waals surface area contributed by atoms with E-state index < -0.39 is 5.60 Å². The molecule has 0 atom stereocenters. The molecule has 2 N–H and O–H groups in total. The molecule has 0 saturated heterocycles. The summed E-state index contributed by atoms with van der Waals surface area (Å²) in [7, 11) is 0. The number of aliphatic hydroxyl groups is 1. The van der Waals surface area contributed by atoms with Crippen LogP contribution >= 0.6 is 0 Å². The second-order valence-electron chi connectivity index (χ2n) is 5.30. The summed E-state index contributed by atoms with van der Waals surface area (Å²) in [6, 6.07) is 7.67. The van der Waals surface area contributed by atoms with Crippen LogP contribution in [0.2, 0.25) is 0 Å². The molecule has 1 amide bonds. The molecule has 0 saturated carbocycles. The van der Waals surface area contributed by atoms with Crippen LogP contribution in [0.15, 0.2) is 24.3 Å². The van der Waals surface area contributed by atoms with E-state index in [1.54, 1.807) is 13.8 Å². The largest absolute Gasteiger partial charge is 0.389 e. The molecule has 100 valence electrons. The number of rotatable bonds is 6. The number of aryl methyl sites for hydroxylation is 1. The summed E-state index contributed by atoms with van der Waals surface area (Å²) >= 11 is 0. The summed E-state index contributed by atoms with van der Waals surface area (Å²) in [4.78, 5) is 11.8. The highest BCUT2D eigenvalue weighted by Crippen LogP contribution is 2.08. The van der Waals surface area contributed by atoms with Crippen molar-refractivity contribution in [3.05, 3.63) is 35.4 Å². The molecule has 18 heavy (non-hydrogen) atoms. The van der Waals surface area contributed by atoms with Crippen LogP contribution in [-0.2, 0) is 6.42 Å². The molecule has 0 heterocycles. The van der Waals surface area contributed by atoms with Crippen molar-refractivity contribution >= 4 is 5.91 Å². The Balaban J connectivity index is 2.54. The summed E-state index contributed by atoms with van der Waals surface area (Å²) in [6.45, 7) is 5.75. The van der Waals surface area contributed by atoms with Crippen LogP contribution in [0.25, 0.3) is 0 Å². The first-order chi connectivity index (χ1) is 8.42. The molecule has 0 aliphatic rings. The predicted octanol–water partition coefficient (Wildman–Crippen LogP) is 2.53. The average Bonchev–Trinajstić information content (AvgIpc) is 2.33. The van der Waals surface area contributed by atoms with E-state index in [2.05, 4.69) is 12.2 Å². The highest BCUT2D eigenvalue weighted by molar-refractivity contribution is 5.94. The second-order valence-corrected chi connectivity index (χ2v) is 5.30. The smallest absolute Gasteiger partial charge is 0.251 e. The molecule has 0 bridgehead atoms. The molecule has 1 aromatic rings. The van der Waals surface area contributed by atoms with Gasteiger partial charge in [-0.05, 0) is 44.4 Å². The van der Waals surface area contributed by atoms with E-state index in [9.17, 15) is 9.90 Å². The van der Waals surface area contributed by atoms with Gasteiger partial charge in [0.05, 0.1) is 5.60 Å². The van der Waals surface area contributed by atoms with Crippen molar-refractivity contribution in [3.63, 3.8) is 0 Å². The third kappa shape index (κ3) is 5.32. The number of unbranched alkanes of at least 4 members (excludes halogenated alkanes) is 1. The van der Waals surface area contributed by atoms with Gasteiger partial charge in [0.1, 0.15) is 0 Å². The van der Waals surface area contributed by atoms with Crippen LogP contribution in [0.3, 0.4) is 0 Å². The molecule has 0 radical (unpaired) electrons. The maximum absolute atomic E-state index is 11.8. The SMILES string of the molecule is CCCCc1ccc(C(=O)NCC(C)(C)O)cc1. The van der Waals surface area contributed by atoms with Gasteiger partial charge in [0.25, 0.3) is 5.91 Å². The molecule has 1 rings (SSSR count). The summed E-state index contributed by atoms with van der Waals surface area (Å²) in [5.74, 6) is -0.140. The van der Waals surface area contributed by atoms with Gasteiger partial charge in [0, 0.05) is 12.1 Å². The van der Waals surface area contributed by atoms with E-state index in [-0.39, 0.29) is 12.5 Å². The van der Waals surface area contributed by atoms with Crippen molar-refractivity contribution in [2.45, 2.75) is 45.6 Å². The Bertz CT molecular complexity index is 376. The lowest BCUT2D eigenvalue weighted by molar-refractivity contribution is 0.0694. The van der Waals surface area contributed by atoms with E-state index >= 15 is 0 Å². The first-order valence-corrected chi connectivity index (χ1v) is 6.52. The molecular weight excluding hydrogens is 226 g/mol. The highest BCUT2D eigenvalue weighted by atomic mass is 16.3. The summed E-state index contributed by atoms with van der Waals surface area (Å²) in [6.07, 6.45) is 3.40. The van der Waals surface area contributed by atoms with E-state index in [1.165, 1.54) is 18.4 Å². The Morgan fingerprint density at radius 3 is 2.39 bits per heavy atom. The number of carbonyl (C=O) groups is 1. The Labute approximate surface area is 109 Å². The van der Waals surface area contributed by atoms with Gasteiger partial charge in [-0.3, -0.25) is 4.79 Å². The Hall–Kier alpha value is -1.35. The minimum atomic E-state index is -0.878. The lowest BCUT2D eigenvalue weighted by Gasteiger charge is -2.17. The zero-order valence-electron chi connectivity index (χ0n) is 11.5. The summed E-state index contributed by atoms with van der Waals surface area (Å²) in [5.41, 5.74) is 1.02. The Kier molecular flexibility index (Phi) is 5.35. The van der Waals surface area contributed by atoms with Crippen LogP contribution in [0.4, 0.5) is 0 Å². The topological polar surface area (TPSA) is 49.3 Å². The van der Waals surface area contributed by atoms with Gasteiger partial charge in [0.15, 0.2) is 0 Å². The van der Waals surface area contributed by atoms with Crippen LogP contribution < -0.4 is 5.32 Å². The monoisotopic (exact) mass is 249 g/mol. The maximum Gasteiger partial charge on any atom is 0.251 e. The standard InChI is InChI=1S/C15H23NO2/c1-4-5-6-12-7-9-13(10-8-12)14(17)16-11-15(2,3)18/h7-10,18H,4-6,11H2,1-3H3,(H,16,17). The van der Waals surface area contributed by atoms with Crippen LogP contribution in [0.5, 0.6) is 0 Å². The summed E-state index contributed by atoms with van der Waals surface area (Å²) < 4.78 is 0. The number of nitrogens with one attached hydrogen (secondary N) is 1. The van der Waals surface area contributed by atoms with Crippen molar-refractivity contribution in [3.8, 4) is 0 Å². The van der Waals surface area contributed by atoms with Gasteiger partial charge in [-0.25, -0.2) is 0 Å². The van der Waals surface area contributed by atoms with Gasteiger partial charge in [-0.15, -0.1) is 0 Å². The fourth-order valence-corrected chi connectivity index (χ4v) is 1.60. The number of hydrogen-bond acceptors (Lipinski definition) is 2. The zero-order valence-corrected chi connectivity index (χ0v) is 11.5. The van der Waals surface area contributed by atoms with Crippen molar-refractivity contribution < 1.29 is 9.90 Å². The molecule has 3 heteroatoms. The van der Waals surface area contributed by atoms with Crippen molar-refractivity contribution in [1.82, 2.24) is 5.32 Å². The van der Waals surface area contributed by atoms with Crippen LogP contribution in [0.1, 0.15) is 49.5 Å². The average molecular weight is 249 g/mol. The Morgan fingerprint density at radius 2 is 1.89 bits per heavy atom. The highest BCUT2D eigenvalue weighted by Gasteiger charge is 2.14. The fourth-order valence-electron chi connectivity index (χ4n) is 1.60. The van der Waals surface area contributed by atoms with Crippen molar-refractivity contribution in [2.75, 3.05) is 6.54 Å². The first kappa shape index (κ1) is 14.7. The number of benzene rings is 1. The lowest BCUT2D eigenvalue weighted by Crippen LogP contribution is -2.38. The van der Waals surface area contributed by atoms with E-state index in [1.807, 2.05) is 24.3 Å². The maximum atomic E-state index is 11.8. The fraction of sp³-hybridized carbons (Fsp3) is 0.533. The van der Waals surface area contributed by atoms with E-state index in [4.69, 9.17) is 0 Å². The minimum Gasteiger partial charge on any atom is -0.389 e. The second kappa shape index (κ2) is 6.55. The molecule has 1 aromatic carbocycles. The van der Waals surface area contributed by atoms with Crippen LogP contribution in [0, 0.1) is 0 Å². The minimum absolute atomic E-state index is 0.140. The molecule has 0 aliphatic carbocycles. The Morgan fingerprint density at radius 1 is 1.28 bits per heavy atom. The zero-order chi connectivity index (χ0) is 13.6. The normalized spacial score (nSPS) is 11.3. The predicted molar refractivity (Wildman–Crippen MR) is 73.7 cm³/mol. The van der Waals surface area contributed by atoms with Gasteiger partial charge in [-0.2, -0.15) is 0 Å². The molecule has 0 aromatic heterocycles. The third-order valence-corrected chi connectivity index (χ3v) is 2.72. The molecule has 3 nitrogen and oxygen atoms in total. The molecule has 0 unspecified atom stereocenters. The quantitative estimate of drug-likeness (QED) is 0.814. The van der Waals surface area contributed by atoms with Gasteiger partial charge >= 0.3 is 0 Å². The third-order valence-electron chi connectivity index (χ3n) is 2.72. The van der Waals surface area contributed by atoms with Gasteiger partial charge in [-0.1, -0.05) is 25.5 Å². The molecular formula is C15H23NO2. The van der Waals surface area contributed by atoms with E-state index in [0.29, 0.717) is 5.56 Å². The lowest BCUT2D eigenvalue weighted by atomic mass is 10.1. The van der Waals surface area contributed by atoms with E-state index in [0.717, 1.165) is 6.42 Å². The number of hydrogen-bond donors (Lipinski definition) is 2. The number of carbonyl (C=O) groups excluding carboxylic acids is 1.